The average molecular weight is 318 g/mol. The molecular weight excluding hydrogens is 305 g/mol. The van der Waals surface area contributed by atoms with Crippen LogP contribution in [0.15, 0.2) is 52.9 Å². The molecule has 0 bridgehead atoms. The van der Waals surface area contributed by atoms with E-state index < -0.39 is 0 Å². The fourth-order valence-corrected chi connectivity index (χ4v) is 2.11. The third-order valence-corrected chi connectivity index (χ3v) is 3.36. The summed E-state index contributed by atoms with van der Waals surface area (Å²) in [5.74, 6) is 0.642. The molecule has 112 valence electrons. The molecule has 0 aliphatic carbocycles. The first-order valence-corrected chi connectivity index (χ1v) is 7.12. The fourth-order valence-electron chi connectivity index (χ4n) is 1.98. The number of benzene rings is 2. The summed E-state index contributed by atoms with van der Waals surface area (Å²) in [7, 11) is 0. The number of hydrogen-bond donors (Lipinski definition) is 1. The number of nitrogens with one attached hydrogen (secondary N) is 1. The van der Waals surface area contributed by atoms with E-state index in [1.165, 1.54) is 6.07 Å². The summed E-state index contributed by atoms with van der Waals surface area (Å²) in [6.07, 6.45) is 0. The monoisotopic (exact) mass is 317 g/mol. The molecule has 3 aromatic rings. The Morgan fingerprint density at radius 3 is 2.55 bits per heavy atom. The molecule has 1 heterocycles. The highest BCUT2D eigenvalue weighted by molar-refractivity contribution is 6.30. The Labute approximate surface area is 131 Å². The maximum Gasteiger partial charge on any atom is 0.247 e. The third-order valence-electron chi connectivity index (χ3n) is 3.11. The molecule has 6 heteroatoms. The van der Waals surface area contributed by atoms with Crippen molar-refractivity contribution in [2.75, 3.05) is 0 Å². The predicted molar refractivity (Wildman–Crippen MR) is 81.7 cm³/mol. The number of nitrogens with zero attached hydrogens (tertiary/aromatic N) is 2. The van der Waals surface area contributed by atoms with Gasteiger partial charge in [-0.15, -0.1) is 10.2 Å². The van der Waals surface area contributed by atoms with E-state index in [0.29, 0.717) is 35.5 Å². The van der Waals surface area contributed by atoms with Crippen molar-refractivity contribution in [3.8, 4) is 11.5 Å². The highest BCUT2D eigenvalue weighted by atomic mass is 35.5. The fraction of sp³-hybridized carbons (Fsp3) is 0.125. The molecule has 0 aliphatic heterocycles. The maximum atomic E-state index is 13.5. The Hall–Kier alpha value is -2.24. The number of hydrogen-bond acceptors (Lipinski definition) is 4. The highest BCUT2D eigenvalue weighted by Crippen LogP contribution is 2.20. The van der Waals surface area contributed by atoms with E-state index in [-0.39, 0.29) is 5.82 Å². The SMILES string of the molecule is Fc1ccccc1CNCc1nnc(-c2ccc(Cl)cc2)o1. The summed E-state index contributed by atoms with van der Waals surface area (Å²) >= 11 is 5.84. The van der Waals surface area contributed by atoms with Gasteiger partial charge in [0.1, 0.15) is 5.82 Å². The largest absolute Gasteiger partial charge is 0.419 e. The van der Waals surface area contributed by atoms with Crippen molar-refractivity contribution in [2.24, 2.45) is 0 Å². The zero-order chi connectivity index (χ0) is 15.4. The van der Waals surface area contributed by atoms with Gasteiger partial charge in [0.25, 0.3) is 0 Å². The first-order chi connectivity index (χ1) is 10.7. The van der Waals surface area contributed by atoms with E-state index in [4.69, 9.17) is 16.0 Å². The maximum absolute atomic E-state index is 13.5. The molecule has 1 aromatic heterocycles. The summed E-state index contributed by atoms with van der Waals surface area (Å²) in [5.41, 5.74) is 1.40. The quantitative estimate of drug-likeness (QED) is 0.777. The lowest BCUT2D eigenvalue weighted by atomic mass is 10.2. The van der Waals surface area contributed by atoms with Gasteiger partial charge in [0, 0.05) is 22.7 Å². The van der Waals surface area contributed by atoms with Gasteiger partial charge in [-0.1, -0.05) is 29.8 Å². The Kier molecular flexibility index (Phi) is 4.46. The summed E-state index contributed by atoms with van der Waals surface area (Å²) in [4.78, 5) is 0. The van der Waals surface area contributed by atoms with Gasteiger partial charge in [0.05, 0.1) is 6.54 Å². The van der Waals surface area contributed by atoms with Gasteiger partial charge in [0.2, 0.25) is 11.8 Å². The normalized spacial score (nSPS) is 10.8. The minimum atomic E-state index is -0.234. The summed E-state index contributed by atoms with van der Waals surface area (Å²) in [6, 6.07) is 13.8. The van der Waals surface area contributed by atoms with Crippen molar-refractivity contribution in [3.05, 3.63) is 70.8 Å². The lowest BCUT2D eigenvalue weighted by molar-refractivity contribution is 0.474. The van der Waals surface area contributed by atoms with Crippen LogP contribution < -0.4 is 5.32 Å². The lowest BCUT2D eigenvalue weighted by Gasteiger charge is -2.03. The van der Waals surface area contributed by atoms with Gasteiger partial charge in [-0.3, -0.25) is 0 Å². The molecule has 0 spiro atoms. The van der Waals surface area contributed by atoms with Crippen molar-refractivity contribution >= 4 is 11.6 Å². The van der Waals surface area contributed by atoms with Gasteiger partial charge < -0.3 is 9.73 Å². The second kappa shape index (κ2) is 6.68. The Morgan fingerprint density at radius 1 is 1.00 bits per heavy atom. The van der Waals surface area contributed by atoms with E-state index in [1.54, 1.807) is 30.3 Å². The highest BCUT2D eigenvalue weighted by Gasteiger charge is 2.08. The molecule has 0 aliphatic rings. The van der Waals surface area contributed by atoms with Crippen LogP contribution in [0, 0.1) is 5.82 Å². The molecule has 0 unspecified atom stereocenters. The lowest BCUT2D eigenvalue weighted by Crippen LogP contribution is -2.13. The smallest absolute Gasteiger partial charge is 0.247 e. The van der Waals surface area contributed by atoms with Gasteiger partial charge in [-0.05, 0) is 30.3 Å². The second-order valence-corrected chi connectivity index (χ2v) is 5.14. The van der Waals surface area contributed by atoms with Crippen LogP contribution >= 0.6 is 11.6 Å². The predicted octanol–water partition coefficient (Wildman–Crippen LogP) is 3.82. The molecular formula is C16H13ClFN3O. The van der Waals surface area contributed by atoms with E-state index in [2.05, 4.69) is 15.5 Å². The topological polar surface area (TPSA) is 51.0 Å². The summed E-state index contributed by atoms with van der Waals surface area (Å²) in [6.45, 7) is 0.764. The number of rotatable bonds is 5. The molecule has 22 heavy (non-hydrogen) atoms. The van der Waals surface area contributed by atoms with Gasteiger partial charge >= 0.3 is 0 Å². The molecule has 0 saturated heterocycles. The van der Waals surface area contributed by atoms with Gasteiger partial charge in [-0.2, -0.15) is 0 Å². The van der Waals surface area contributed by atoms with E-state index in [0.717, 1.165) is 5.56 Å². The van der Waals surface area contributed by atoms with Crippen LogP contribution in [-0.2, 0) is 13.1 Å². The van der Waals surface area contributed by atoms with Crippen LogP contribution in [0.4, 0.5) is 4.39 Å². The second-order valence-electron chi connectivity index (χ2n) is 4.70. The number of halogens is 2. The van der Waals surface area contributed by atoms with Crippen LogP contribution in [0.1, 0.15) is 11.5 Å². The van der Waals surface area contributed by atoms with Crippen LogP contribution in [0.2, 0.25) is 5.02 Å². The van der Waals surface area contributed by atoms with Crippen molar-refractivity contribution in [3.63, 3.8) is 0 Å². The average Bonchev–Trinajstić information content (AvgIpc) is 2.99. The molecule has 0 fully saturated rings. The van der Waals surface area contributed by atoms with E-state index in [9.17, 15) is 4.39 Å². The molecule has 0 atom stereocenters. The van der Waals surface area contributed by atoms with Crippen molar-refractivity contribution in [2.45, 2.75) is 13.1 Å². The van der Waals surface area contributed by atoms with Crippen LogP contribution in [0.5, 0.6) is 0 Å². The Bertz CT molecular complexity index is 758. The molecule has 1 N–H and O–H groups in total. The standard InChI is InChI=1S/C16H13ClFN3O/c17-13-7-5-11(6-8-13)16-21-20-15(22-16)10-19-9-12-3-1-2-4-14(12)18/h1-8,19H,9-10H2. The molecule has 3 rings (SSSR count). The molecule has 0 saturated carbocycles. The first kappa shape index (κ1) is 14.7. The molecule has 0 radical (unpaired) electrons. The van der Waals surface area contributed by atoms with E-state index in [1.807, 2.05) is 12.1 Å². The number of aromatic nitrogens is 2. The van der Waals surface area contributed by atoms with Crippen molar-refractivity contribution < 1.29 is 8.81 Å². The summed E-state index contributed by atoms with van der Waals surface area (Å²) in [5, 5.41) is 11.7. The molecule has 4 nitrogen and oxygen atoms in total. The minimum absolute atomic E-state index is 0.234. The van der Waals surface area contributed by atoms with Crippen molar-refractivity contribution in [1.82, 2.24) is 15.5 Å². The van der Waals surface area contributed by atoms with Gasteiger partial charge in [0.15, 0.2) is 0 Å². The minimum Gasteiger partial charge on any atom is -0.419 e. The Balaban J connectivity index is 1.60. The third kappa shape index (κ3) is 3.50. The van der Waals surface area contributed by atoms with Crippen LogP contribution in [0.3, 0.4) is 0 Å². The zero-order valence-electron chi connectivity index (χ0n) is 11.6. The van der Waals surface area contributed by atoms with Gasteiger partial charge in [-0.25, -0.2) is 4.39 Å². The summed E-state index contributed by atoms with van der Waals surface area (Å²) < 4.78 is 19.0. The molecule has 0 amide bonds. The van der Waals surface area contributed by atoms with Crippen LogP contribution in [0.25, 0.3) is 11.5 Å². The van der Waals surface area contributed by atoms with Crippen molar-refractivity contribution in [1.29, 1.82) is 0 Å². The first-order valence-electron chi connectivity index (χ1n) is 6.75. The Morgan fingerprint density at radius 2 is 1.77 bits per heavy atom. The molecule has 2 aromatic carbocycles. The van der Waals surface area contributed by atoms with Crippen LogP contribution in [-0.4, -0.2) is 10.2 Å². The van der Waals surface area contributed by atoms with E-state index >= 15 is 0 Å². The zero-order valence-corrected chi connectivity index (χ0v) is 12.3.